The van der Waals surface area contributed by atoms with E-state index < -0.39 is 0 Å². The fourth-order valence-corrected chi connectivity index (χ4v) is 2.43. The number of nitrogens with one attached hydrogen (secondary N) is 1. The van der Waals surface area contributed by atoms with Gasteiger partial charge in [0.1, 0.15) is 0 Å². The van der Waals surface area contributed by atoms with Gasteiger partial charge in [-0.05, 0) is 18.1 Å². The summed E-state index contributed by atoms with van der Waals surface area (Å²) in [6.07, 6.45) is 2.99. The quantitative estimate of drug-likeness (QED) is 0.914. The molecule has 0 amide bonds. The summed E-state index contributed by atoms with van der Waals surface area (Å²) >= 11 is 12.1. The van der Waals surface area contributed by atoms with E-state index in [4.69, 9.17) is 23.2 Å². The van der Waals surface area contributed by atoms with Crippen LogP contribution in [0.1, 0.15) is 23.7 Å². The van der Waals surface area contributed by atoms with Crippen LogP contribution in [0, 0.1) is 0 Å². The van der Waals surface area contributed by atoms with Crippen molar-refractivity contribution in [3.63, 3.8) is 0 Å². The number of halogens is 2. The number of nitrogens with zero attached hydrogens (tertiary/aromatic N) is 2. The van der Waals surface area contributed by atoms with Crippen molar-refractivity contribution in [2.24, 2.45) is 7.05 Å². The smallest absolute Gasteiger partial charge is 0.0666 e. The average molecular weight is 298 g/mol. The Balaban J connectivity index is 1.98. The Kier molecular flexibility index (Phi) is 4.86. The molecule has 0 saturated heterocycles. The molecule has 3 nitrogen and oxygen atoms in total. The summed E-state index contributed by atoms with van der Waals surface area (Å²) in [4.78, 5) is 0. The Bertz CT molecular complexity index is 564. The number of hydrogen-bond donors (Lipinski definition) is 1. The SMILES string of the molecule is CCc1nn(C)cc1CNCc1cccc(Cl)c1Cl. The van der Waals surface area contributed by atoms with Crippen LogP contribution in [0.2, 0.25) is 10.0 Å². The first-order valence-electron chi connectivity index (χ1n) is 6.26. The predicted octanol–water partition coefficient (Wildman–Crippen LogP) is 3.58. The third-order valence-corrected chi connectivity index (χ3v) is 3.85. The van der Waals surface area contributed by atoms with Gasteiger partial charge in [0, 0.05) is 31.9 Å². The summed E-state index contributed by atoms with van der Waals surface area (Å²) < 4.78 is 1.85. The molecule has 0 atom stereocenters. The summed E-state index contributed by atoms with van der Waals surface area (Å²) in [7, 11) is 1.94. The van der Waals surface area contributed by atoms with Gasteiger partial charge >= 0.3 is 0 Å². The van der Waals surface area contributed by atoms with Gasteiger partial charge in [0.25, 0.3) is 0 Å². The van der Waals surface area contributed by atoms with Crippen LogP contribution in [0.25, 0.3) is 0 Å². The third-order valence-electron chi connectivity index (χ3n) is 2.99. The van der Waals surface area contributed by atoms with E-state index in [0.717, 1.165) is 24.2 Å². The fourth-order valence-electron chi connectivity index (χ4n) is 2.05. The van der Waals surface area contributed by atoms with Crippen LogP contribution >= 0.6 is 23.2 Å². The third kappa shape index (κ3) is 3.50. The maximum Gasteiger partial charge on any atom is 0.0666 e. The van der Waals surface area contributed by atoms with E-state index in [2.05, 4.69) is 17.3 Å². The zero-order valence-electron chi connectivity index (χ0n) is 11.1. The lowest BCUT2D eigenvalue weighted by atomic mass is 10.2. The van der Waals surface area contributed by atoms with Gasteiger partial charge in [0.2, 0.25) is 0 Å². The van der Waals surface area contributed by atoms with E-state index in [1.807, 2.05) is 30.1 Å². The molecular weight excluding hydrogens is 281 g/mol. The number of benzene rings is 1. The second kappa shape index (κ2) is 6.42. The Morgan fingerprint density at radius 3 is 2.68 bits per heavy atom. The molecule has 1 aromatic carbocycles. The number of rotatable bonds is 5. The van der Waals surface area contributed by atoms with Crippen molar-refractivity contribution < 1.29 is 0 Å². The normalized spacial score (nSPS) is 10.9. The Labute approximate surface area is 123 Å². The molecule has 2 rings (SSSR count). The first-order chi connectivity index (χ1) is 9.11. The molecule has 1 heterocycles. The summed E-state index contributed by atoms with van der Waals surface area (Å²) in [6.45, 7) is 3.58. The number of aromatic nitrogens is 2. The van der Waals surface area contributed by atoms with Crippen LogP contribution in [-0.4, -0.2) is 9.78 Å². The molecule has 5 heteroatoms. The molecule has 0 aliphatic carbocycles. The number of hydrogen-bond acceptors (Lipinski definition) is 2. The van der Waals surface area contributed by atoms with Crippen molar-refractivity contribution in [2.75, 3.05) is 0 Å². The van der Waals surface area contributed by atoms with E-state index in [1.165, 1.54) is 5.56 Å². The molecule has 19 heavy (non-hydrogen) atoms. The minimum Gasteiger partial charge on any atom is -0.308 e. The van der Waals surface area contributed by atoms with Crippen LogP contribution in [0.4, 0.5) is 0 Å². The van der Waals surface area contributed by atoms with Gasteiger partial charge in [0.15, 0.2) is 0 Å². The van der Waals surface area contributed by atoms with Crippen LogP contribution in [-0.2, 0) is 26.6 Å². The van der Waals surface area contributed by atoms with Crippen LogP contribution in [0.15, 0.2) is 24.4 Å². The lowest BCUT2D eigenvalue weighted by Crippen LogP contribution is -2.13. The van der Waals surface area contributed by atoms with Crippen LogP contribution < -0.4 is 5.32 Å². The molecular formula is C14H17Cl2N3. The van der Waals surface area contributed by atoms with Crippen molar-refractivity contribution in [3.05, 3.63) is 51.3 Å². The van der Waals surface area contributed by atoms with Crippen molar-refractivity contribution in [2.45, 2.75) is 26.4 Å². The molecule has 0 aliphatic rings. The molecule has 0 fully saturated rings. The molecule has 1 N–H and O–H groups in total. The lowest BCUT2D eigenvalue weighted by molar-refractivity contribution is 0.688. The summed E-state index contributed by atoms with van der Waals surface area (Å²) in [6, 6.07) is 5.68. The van der Waals surface area contributed by atoms with Gasteiger partial charge < -0.3 is 5.32 Å². The first kappa shape index (κ1) is 14.4. The van der Waals surface area contributed by atoms with Crippen molar-refractivity contribution in [1.82, 2.24) is 15.1 Å². The largest absolute Gasteiger partial charge is 0.308 e. The van der Waals surface area contributed by atoms with E-state index in [-0.39, 0.29) is 0 Å². The molecule has 0 saturated carbocycles. The van der Waals surface area contributed by atoms with Gasteiger partial charge in [0.05, 0.1) is 15.7 Å². The minimum absolute atomic E-state index is 0.594. The molecule has 0 aliphatic heterocycles. The first-order valence-corrected chi connectivity index (χ1v) is 7.02. The Hall–Kier alpha value is -1.03. The fraction of sp³-hybridized carbons (Fsp3) is 0.357. The molecule has 1 aromatic heterocycles. The standard InChI is InChI=1S/C14H17Cl2N3/c1-3-13-11(9-19(2)18-13)8-17-7-10-5-4-6-12(15)14(10)16/h4-6,9,17H,3,7-8H2,1-2H3. The average Bonchev–Trinajstić information content (AvgIpc) is 2.75. The summed E-state index contributed by atoms with van der Waals surface area (Å²) in [5.74, 6) is 0. The Morgan fingerprint density at radius 1 is 1.21 bits per heavy atom. The highest BCUT2D eigenvalue weighted by Crippen LogP contribution is 2.25. The van der Waals surface area contributed by atoms with Gasteiger partial charge in [-0.1, -0.05) is 42.3 Å². The van der Waals surface area contributed by atoms with Crippen LogP contribution in [0.3, 0.4) is 0 Å². The molecule has 2 aromatic rings. The summed E-state index contributed by atoms with van der Waals surface area (Å²) in [5, 5.41) is 9.01. The van der Waals surface area contributed by atoms with E-state index in [0.29, 0.717) is 16.6 Å². The van der Waals surface area contributed by atoms with Crippen molar-refractivity contribution in [1.29, 1.82) is 0 Å². The van der Waals surface area contributed by atoms with Crippen molar-refractivity contribution in [3.8, 4) is 0 Å². The van der Waals surface area contributed by atoms with Crippen molar-refractivity contribution >= 4 is 23.2 Å². The molecule has 0 bridgehead atoms. The van der Waals surface area contributed by atoms with Gasteiger partial charge in [-0.3, -0.25) is 4.68 Å². The molecule has 0 unspecified atom stereocenters. The monoisotopic (exact) mass is 297 g/mol. The highest BCUT2D eigenvalue weighted by Gasteiger charge is 2.07. The maximum absolute atomic E-state index is 6.15. The number of aryl methyl sites for hydroxylation is 2. The predicted molar refractivity (Wildman–Crippen MR) is 79.6 cm³/mol. The second-order valence-corrected chi connectivity index (χ2v) is 5.23. The Morgan fingerprint density at radius 2 is 1.95 bits per heavy atom. The van der Waals surface area contributed by atoms with Crippen LogP contribution in [0.5, 0.6) is 0 Å². The molecule has 102 valence electrons. The second-order valence-electron chi connectivity index (χ2n) is 4.44. The van der Waals surface area contributed by atoms with E-state index in [1.54, 1.807) is 6.07 Å². The zero-order chi connectivity index (χ0) is 13.8. The minimum atomic E-state index is 0.594. The van der Waals surface area contributed by atoms with E-state index >= 15 is 0 Å². The van der Waals surface area contributed by atoms with Gasteiger partial charge in [-0.15, -0.1) is 0 Å². The zero-order valence-corrected chi connectivity index (χ0v) is 12.6. The van der Waals surface area contributed by atoms with E-state index in [9.17, 15) is 0 Å². The van der Waals surface area contributed by atoms with Gasteiger partial charge in [-0.25, -0.2) is 0 Å². The topological polar surface area (TPSA) is 29.9 Å². The summed E-state index contributed by atoms with van der Waals surface area (Å²) in [5.41, 5.74) is 3.37. The van der Waals surface area contributed by atoms with Gasteiger partial charge in [-0.2, -0.15) is 5.10 Å². The highest BCUT2D eigenvalue weighted by molar-refractivity contribution is 6.42. The maximum atomic E-state index is 6.15. The lowest BCUT2D eigenvalue weighted by Gasteiger charge is -2.07. The highest BCUT2D eigenvalue weighted by atomic mass is 35.5. The molecule has 0 radical (unpaired) electrons. The molecule has 0 spiro atoms.